The van der Waals surface area contributed by atoms with E-state index in [-0.39, 0.29) is 5.28 Å². The molecule has 0 aromatic carbocycles. The van der Waals surface area contributed by atoms with Gasteiger partial charge >= 0.3 is 0 Å². The van der Waals surface area contributed by atoms with Gasteiger partial charge in [0.1, 0.15) is 0 Å². The van der Waals surface area contributed by atoms with Gasteiger partial charge in [-0.1, -0.05) is 0 Å². The van der Waals surface area contributed by atoms with Crippen LogP contribution in [-0.4, -0.2) is 47.8 Å². The van der Waals surface area contributed by atoms with Gasteiger partial charge in [-0.05, 0) is 31.4 Å². The second-order valence-corrected chi connectivity index (χ2v) is 4.52. The molecule has 0 atom stereocenters. The van der Waals surface area contributed by atoms with E-state index in [1.165, 1.54) is 0 Å². The van der Waals surface area contributed by atoms with Crippen molar-refractivity contribution in [1.82, 2.24) is 15.0 Å². The minimum Gasteiger partial charge on any atom is -0.381 e. The van der Waals surface area contributed by atoms with Crippen LogP contribution in [0.25, 0.3) is 0 Å². The van der Waals surface area contributed by atoms with Crippen LogP contribution >= 0.6 is 11.6 Å². The Morgan fingerprint density at radius 1 is 1.33 bits per heavy atom. The first-order valence-corrected chi connectivity index (χ1v) is 6.54. The molecule has 0 spiro atoms. The maximum absolute atomic E-state index is 5.91. The van der Waals surface area contributed by atoms with E-state index in [1.54, 1.807) is 7.11 Å². The SMILES string of the molecule is CCNc1nc(Cl)nc(N2CCC(OC)CC2)n1. The summed E-state index contributed by atoms with van der Waals surface area (Å²) in [6, 6.07) is 0. The highest BCUT2D eigenvalue weighted by Gasteiger charge is 2.21. The molecule has 2 heterocycles. The van der Waals surface area contributed by atoms with Crippen LogP contribution < -0.4 is 10.2 Å². The Kier molecular flexibility index (Phi) is 4.54. The summed E-state index contributed by atoms with van der Waals surface area (Å²) >= 11 is 5.91. The maximum atomic E-state index is 5.91. The molecule has 1 fully saturated rings. The van der Waals surface area contributed by atoms with E-state index in [9.17, 15) is 0 Å². The number of methoxy groups -OCH3 is 1. The predicted octanol–water partition coefficient (Wildman–Crippen LogP) is 1.57. The van der Waals surface area contributed by atoms with Crippen molar-refractivity contribution in [2.24, 2.45) is 0 Å². The highest BCUT2D eigenvalue weighted by atomic mass is 35.5. The Bertz CT molecular complexity index is 395. The third-order valence-corrected chi connectivity index (χ3v) is 3.16. The summed E-state index contributed by atoms with van der Waals surface area (Å²) in [5.74, 6) is 1.17. The van der Waals surface area contributed by atoms with Gasteiger partial charge in [0, 0.05) is 26.7 Å². The van der Waals surface area contributed by atoms with Crippen molar-refractivity contribution in [3.05, 3.63) is 5.28 Å². The first-order valence-electron chi connectivity index (χ1n) is 6.16. The van der Waals surface area contributed by atoms with Crippen LogP contribution in [0.5, 0.6) is 0 Å². The van der Waals surface area contributed by atoms with Gasteiger partial charge in [0.15, 0.2) is 0 Å². The average molecular weight is 272 g/mol. The van der Waals surface area contributed by atoms with E-state index < -0.39 is 0 Å². The Labute approximate surface area is 112 Å². The molecule has 18 heavy (non-hydrogen) atoms. The third-order valence-electron chi connectivity index (χ3n) is 2.99. The lowest BCUT2D eigenvalue weighted by Gasteiger charge is -2.31. The molecule has 0 unspecified atom stereocenters. The second kappa shape index (κ2) is 6.15. The molecule has 0 bridgehead atoms. The fourth-order valence-corrected chi connectivity index (χ4v) is 2.17. The molecule has 6 nitrogen and oxygen atoms in total. The van der Waals surface area contributed by atoms with Gasteiger partial charge < -0.3 is 15.0 Å². The molecule has 1 N–H and O–H groups in total. The summed E-state index contributed by atoms with van der Waals surface area (Å²) in [6.07, 6.45) is 2.30. The largest absolute Gasteiger partial charge is 0.381 e. The zero-order valence-electron chi connectivity index (χ0n) is 10.7. The normalized spacial score (nSPS) is 16.9. The zero-order chi connectivity index (χ0) is 13.0. The molecule has 0 saturated carbocycles. The van der Waals surface area contributed by atoms with Crippen LogP contribution in [0.4, 0.5) is 11.9 Å². The monoisotopic (exact) mass is 271 g/mol. The van der Waals surface area contributed by atoms with Crippen LogP contribution in [0, 0.1) is 0 Å². The van der Waals surface area contributed by atoms with Crippen molar-refractivity contribution in [2.75, 3.05) is 37.0 Å². The molecule has 100 valence electrons. The summed E-state index contributed by atoms with van der Waals surface area (Å²) in [4.78, 5) is 14.7. The van der Waals surface area contributed by atoms with Crippen LogP contribution in [0.2, 0.25) is 5.28 Å². The van der Waals surface area contributed by atoms with Gasteiger partial charge in [-0.2, -0.15) is 15.0 Å². The average Bonchev–Trinajstić information content (AvgIpc) is 2.38. The van der Waals surface area contributed by atoms with Gasteiger partial charge in [-0.3, -0.25) is 0 Å². The van der Waals surface area contributed by atoms with E-state index in [0.29, 0.717) is 18.0 Å². The topological polar surface area (TPSA) is 63.2 Å². The standard InChI is InChI=1S/C11H18ClN5O/c1-3-13-10-14-9(12)15-11(16-10)17-6-4-8(18-2)5-7-17/h8H,3-7H2,1-2H3,(H,13,14,15,16). The highest BCUT2D eigenvalue weighted by Crippen LogP contribution is 2.19. The predicted molar refractivity (Wildman–Crippen MR) is 71.2 cm³/mol. The molecule has 0 aliphatic carbocycles. The lowest BCUT2D eigenvalue weighted by molar-refractivity contribution is 0.0816. The lowest BCUT2D eigenvalue weighted by atomic mass is 10.1. The first-order chi connectivity index (χ1) is 8.72. The quantitative estimate of drug-likeness (QED) is 0.897. The fraction of sp³-hybridized carbons (Fsp3) is 0.727. The number of hydrogen-bond acceptors (Lipinski definition) is 6. The number of nitrogens with one attached hydrogen (secondary N) is 1. The van der Waals surface area contributed by atoms with Crippen LogP contribution in [0.3, 0.4) is 0 Å². The molecule has 0 amide bonds. The molecule has 1 aromatic heterocycles. The highest BCUT2D eigenvalue weighted by molar-refractivity contribution is 6.28. The number of ether oxygens (including phenoxy) is 1. The molecule has 1 aromatic rings. The summed E-state index contributed by atoms with van der Waals surface area (Å²) < 4.78 is 5.34. The van der Waals surface area contributed by atoms with E-state index >= 15 is 0 Å². The zero-order valence-corrected chi connectivity index (χ0v) is 11.4. The van der Waals surface area contributed by atoms with Crippen molar-refractivity contribution in [2.45, 2.75) is 25.9 Å². The van der Waals surface area contributed by atoms with E-state index in [2.05, 4.69) is 25.2 Å². The number of rotatable bonds is 4. The number of nitrogens with zero attached hydrogens (tertiary/aromatic N) is 4. The number of hydrogen-bond donors (Lipinski definition) is 1. The van der Waals surface area contributed by atoms with E-state index in [4.69, 9.17) is 16.3 Å². The molecular weight excluding hydrogens is 254 g/mol. The van der Waals surface area contributed by atoms with Crippen LogP contribution in [-0.2, 0) is 4.74 Å². The van der Waals surface area contributed by atoms with Gasteiger partial charge in [-0.25, -0.2) is 0 Å². The van der Waals surface area contributed by atoms with Crippen molar-refractivity contribution < 1.29 is 4.74 Å². The first kappa shape index (κ1) is 13.3. The van der Waals surface area contributed by atoms with Crippen molar-refractivity contribution in [1.29, 1.82) is 0 Å². The van der Waals surface area contributed by atoms with Crippen molar-refractivity contribution >= 4 is 23.5 Å². The fourth-order valence-electron chi connectivity index (χ4n) is 2.01. The van der Waals surface area contributed by atoms with Gasteiger partial charge in [0.2, 0.25) is 17.2 Å². The second-order valence-electron chi connectivity index (χ2n) is 4.18. The molecule has 1 saturated heterocycles. The van der Waals surface area contributed by atoms with Gasteiger partial charge in [-0.15, -0.1) is 0 Å². The number of halogens is 1. The minimum absolute atomic E-state index is 0.227. The van der Waals surface area contributed by atoms with Crippen molar-refractivity contribution in [3.8, 4) is 0 Å². The smallest absolute Gasteiger partial charge is 0.231 e. The number of anilines is 2. The van der Waals surface area contributed by atoms with Gasteiger partial charge in [0.05, 0.1) is 6.10 Å². The Hall–Kier alpha value is -1.14. The summed E-state index contributed by atoms with van der Waals surface area (Å²) in [5.41, 5.74) is 0. The lowest BCUT2D eigenvalue weighted by Crippen LogP contribution is -2.37. The number of aromatic nitrogens is 3. The Balaban J connectivity index is 2.08. The summed E-state index contributed by atoms with van der Waals surface area (Å²) in [5, 5.41) is 3.28. The summed E-state index contributed by atoms with van der Waals surface area (Å²) in [7, 11) is 1.75. The third kappa shape index (κ3) is 3.20. The van der Waals surface area contributed by atoms with Crippen molar-refractivity contribution in [3.63, 3.8) is 0 Å². The molecule has 0 radical (unpaired) electrons. The van der Waals surface area contributed by atoms with Gasteiger partial charge in [0.25, 0.3) is 0 Å². The summed E-state index contributed by atoms with van der Waals surface area (Å²) in [6.45, 7) is 4.50. The van der Waals surface area contributed by atoms with Crippen LogP contribution in [0.1, 0.15) is 19.8 Å². The molecule has 2 rings (SSSR count). The Morgan fingerprint density at radius 2 is 2.06 bits per heavy atom. The number of piperidine rings is 1. The molecule has 1 aliphatic heterocycles. The molecule has 1 aliphatic rings. The molecule has 7 heteroatoms. The van der Waals surface area contributed by atoms with E-state index in [1.807, 2.05) is 6.92 Å². The minimum atomic E-state index is 0.227. The Morgan fingerprint density at radius 3 is 2.67 bits per heavy atom. The molecular formula is C11H18ClN5O. The van der Waals surface area contributed by atoms with Crippen LogP contribution in [0.15, 0.2) is 0 Å². The van der Waals surface area contributed by atoms with E-state index in [0.717, 1.165) is 32.5 Å². The maximum Gasteiger partial charge on any atom is 0.231 e.